The molecule has 0 bridgehead atoms. The molecule has 1 saturated heterocycles. The summed E-state index contributed by atoms with van der Waals surface area (Å²) >= 11 is 2.10. The monoisotopic (exact) mass is 229 g/mol. The Balaban J connectivity index is 2.54. The number of rotatable bonds is 2. The van der Waals surface area contributed by atoms with E-state index in [2.05, 4.69) is 47.7 Å². The van der Waals surface area contributed by atoms with Gasteiger partial charge in [0.2, 0.25) is 0 Å². The molecule has 0 saturated carbocycles. The minimum atomic E-state index is 0.745. The largest absolute Gasteiger partial charge is 0.357 e. The summed E-state index contributed by atoms with van der Waals surface area (Å²) in [4.78, 5) is 6.70. The van der Waals surface area contributed by atoms with E-state index in [4.69, 9.17) is 0 Å². The van der Waals surface area contributed by atoms with Crippen LogP contribution in [0.15, 0.2) is 4.99 Å². The van der Waals surface area contributed by atoms with Crippen LogP contribution in [0, 0.1) is 5.92 Å². The second-order valence-corrected chi connectivity index (χ2v) is 5.52. The van der Waals surface area contributed by atoms with Crippen molar-refractivity contribution in [3.63, 3.8) is 0 Å². The highest BCUT2D eigenvalue weighted by Gasteiger charge is 2.24. The molecule has 0 spiro atoms. The van der Waals surface area contributed by atoms with Crippen LogP contribution < -0.4 is 5.32 Å². The molecular formula is C11H23N3S. The Morgan fingerprint density at radius 3 is 2.87 bits per heavy atom. The zero-order valence-electron chi connectivity index (χ0n) is 10.3. The first-order chi connectivity index (χ1) is 7.19. The molecule has 1 rings (SSSR count). The summed E-state index contributed by atoms with van der Waals surface area (Å²) in [6, 6.07) is 0. The average Bonchev–Trinajstić information content (AvgIpc) is 2.26. The van der Waals surface area contributed by atoms with E-state index >= 15 is 0 Å². The molecule has 1 fully saturated rings. The van der Waals surface area contributed by atoms with Crippen molar-refractivity contribution in [2.75, 3.05) is 32.4 Å². The fourth-order valence-corrected chi connectivity index (χ4v) is 3.06. The number of hydrogen-bond acceptors (Lipinski definition) is 2. The lowest BCUT2D eigenvalue weighted by molar-refractivity contribution is 0.382. The predicted octanol–water partition coefficient (Wildman–Crippen LogP) is 1.66. The standard InChI is InChI=1S/C11H23N3S/c1-5-13-11(12-4)14-6-7-15-10(8-14)9(2)3/h9-10H,5-8H2,1-4H3,(H,12,13). The smallest absolute Gasteiger partial charge is 0.193 e. The lowest BCUT2D eigenvalue weighted by atomic mass is 10.1. The minimum Gasteiger partial charge on any atom is -0.357 e. The van der Waals surface area contributed by atoms with Crippen LogP contribution in [0.4, 0.5) is 0 Å². The number of thioether (sulfide) groups is 1. The van der Waals surface area contributed by atoms with E-state index in [1.54, 1.807) is 0 Å². The molecular weight excluding hydrogens is 206 g/mol. The van der Waals surface area contributed by atoms with Crippen molar-refractivity contribution in [2.24, 2.45) is 10.9 Å². The topological polar surface area (TPSA) is 27.6 Å². The fourth-order valence-electron chi connectivity index (χ4n) is 1.76. The maximum Gasteiger partial charge on any atom is 0.193 e. The van der Waals surface area contributed by atoms with Crippen molar-refractivity contribution in [2.45, 2.75) is 26.0 Å². The third-order valence-corrected chi connectivity index (χ3v) is 4.22. The van der Waals surface area contributed by atoms with Gasteiger partial charge in [-0.1, -0.05) is 13.8 Å². The van der Waals surface area contributed by atoms with Crippen LogP contribution in [0.2, 0.25) is 0 Å². The molecule has 4 heteroatoms. The van der Waals surface area contributed by atoms with Gasteiger partial charge in [0, 0.05) is 37.7 Å². The average molecular weight is 229 g/mol. The summed E-state index contributed by atoms with van der Waals surface area (Å²) in [5, 5.41) is 4.07. The van der Waals surface area contributed by atoms with Gasteiger partial charge >= 0.3 is 0 Å². The highest BCUT2D eigenvalue weighted by Crippen LogP contribution is 2.24. The first-order valence-electron chi connectivity index (χ1n) is 5.76. The molecule has 0 radical (unpaired) electrons. The van der Waals surface area contributed by atoms with Crippen LogP contribution in [0.1, 0.15) is 20.8 Å². The van der Waals surface area contributed by atoms with Crippen molar-refractivity contribution < 1.29 is 0 Å². The molecule has 1 atom stereocenters. The number of nitrogens with zero attached hydrogens (tertiary/aromatic N) is 2. The molecule has 1 aliphatic rings. The van der Waals surface area contributed by atoms with Gasteiger partial charge in [-0.3, -0.25) is 4.99 Å². The van der Waals surface area contributed by atoms with E-state index in [0.717, 1.165) is 36.8 Å². The summed E-state index contributed by atoms with van der Waals surface area (Å²) in [5.41, 5.74) is 0. The van der Waals surface area contributed by atoms with Gasteiger partial charge in [0.05, 0.1) is 0 Å². The molecule has 0 aromatic carbocycles. The number of aliphatic imine (C=N–C) groups is 1. The van der Waals surface area contributed by atoms with E-state index in [0.29, 0.717) is 0 Å². The highest BCUT2D eigenvalue weighted by molar-refractivity contribution is 8.00. The zero-order chi connectivity index (χ0) is 11.3. The molecule has 15 heavy (non-hydrogen) atoms. The van der Waals surface area contributed by atoms with Crippen molar-refractivity contribution in [3.05, 3.63) is 0 Å². The Morgan fingerprint density at radius 2 is 2.33 bits per heavy atom. The maximum absolute atomic E-state index is 4.32. The van der Waals surface area contributed by atoms with Crippen LogP contribution in [-0.4, -0.2) is 48.5 Å². The first-order valence-corrected chi connectivity index (χ1v) is 6.81. The quantitative estimate of drug-likeness (QED) is 0.576. The Kier molecular flexibility index (Phi) is 5.29. The molecule has 1 unspecified atom stereocenters. The second kappa shape index (κ2) is 6.26. The van der Waals surface area contributed by atoms with Crippen molar-refractivity contribution in [1.29, 1.82) is 0 Å². The number of guanidine groups is 1. The van der Waals surface area contributed by atoms with Gasteiger partial charge in [-0.25, -0.2) is 0 Å². The van der Waals surface area contributed by atoms with Gasteiger partial charge in [-0.15, -0.1) is 0 Å². The summed E-state index contributed by atoms with van der Waals surface area (Å²) in [6.45, 7) is 9.91. The molecule has 0 aromatic rings. The van der Waals surface area contributed by atoms with E-state index in [9.17, 15) is 0 Å². The Labute approximate surface area is 97.7 Å². The van der Waals surface area contributed by atoms with Crippen LogP contribution in [-0.2, 0) is 0 Å². The zero-order valence-corrected chi connectivity index (χ0v) is 11.1. The normalized spacial score (nSPS) is 23.4. The highest BCUT2D eigenvalue weighted by atomic mass is 32.2. The molecule has 1 N–H and O–H groups in total. The predicted molar refractivity (Wildman–Crippen MR) is 69.7 cm³/mol. The molecule has 1 aliphatic heterocycles. The van der Waals surface area contributed by atoms with Crippen molar-refractivity contribution in [3.8, 4) is 0 Å². The maximum atomic E-state index is 4.32. The lowest BCUT2D eigenvalue weighted by Gasteiger charge is -2.36. The van der Waals surface area contributed by atoms with Gasteiger partial charge in [0.15, 0.2) is 5.96 Å². The Hall–Kier alpha value is -0.380. The van der Waals surface area contributed by atoms with Gasteiger partial charge in [-0.05, 0) is 12.8 Å². The molecule has 1 heterocycles. The number of nitrogens with one attached hydrogen (secondary N) is 1. The summed E-state index contributed by atoms with van der Waals surface area (Å²) < 4.78 is 0. The van der Waals surface area contributed by atoms with Crippen LogP contribution in [0.25, 0.3) is 0 Å². The van der Waals surface area contributed by atoms with Gasteiger partial charge in [-0.2, -0.15) is 11.8 Å². The Bertz CT molecular complexity index is 216. The van der Waals surface area contributed by atoms with E-state index < -0.39 is 0 Å². The SMILES string of the molecule is CCNC(=NC)N1CCSC(C(C)C)C1. The van der Waals surface area contributed by atoms with Gasteiger partial charge in [0.1, 0.15) is 0 Å². The first kappa shape index (κ1) is 12.7. The fraction of sp³-hybridized carbons (Fsp3) is 0.909. The van der Waals surface area contributed by atoms with Crippen LogP contribution in [0.5, 0.6) is 0 Å². The molecule has 3 nitrogen and oxygen atoms in total. The Morgan fingerprint density at radius 1 is 1.60 bits per heavy atom. The van der Waals surface area contributed by atoms with Gasteiger partial charge in [0.25, 0.3) is 0 Å². The van der Waals surface area contributed by atoms with Crippen LogP contribution >= 0.6 is 11.8 Å². The molecule has 88 valence electrons. The van der Waals surface area contributed by atoms with Gasteiger partial charge < -0.3 is 10.2 Å². The number of hydrogen-bond donors (Lipinski definition) is 1. The summed E-state index contributed by atoms with van der Waals surface area (Å²) in [7, 11) is 1.87. The lowest BCUT2D eigenvalue weighted by Crippen LogP contribution is -2.48. The summed E-state index contributed by atoms with van der Waals surface area (Å²) in [5.74, 6) is 3.02. The van der Waals surface area contributed by atoms with E-state index in [1.807, 2.05) is 7.05 Å². The molecule has 0 aromatic heterocycles. The third kappa shape index (κ3) is 3.59. The van der Waals surface area contributed by atoms with E-state index in [-0.39, 0.29) is 0 Å². The molecule has 0 aliphatic carbocycles. The van der Waals surface area contributed by atoms with Crippen LogP contribution in [0.3, 0.4) is 0 Å². The second-order valence-electron chi connectivity index (χ2n) is 4.18. The molecule has 0 amide bonds. The van der Waals surface area contributed by atoms with Crippen molar-refractivity contribution in [1.82, 2.24) is 10.2 Å². The van der Waals surface area contributed by atoms with Crippen molar-refractivity contribution >= 4 is 17.7 Å². The minimum absolute atomic E-state index is 0.745. The van der Waals surface area contributed by atoms with E-state index in [1.165, 1.54) is 5.75 Å². The third-order valence-electron chi connectivity index (χ3n) is 2.68. The summed E-state index contributed by atoms with van der Waals surface area (Å²) in [6.07, 6.45) is 0.